The Hall–Kier alpha value is -11.8. The van der Waals surface area contributed by atoms with E-state index in [4.69, 9.17) is 53.7 Å². The van der Waals surface area contributed by atoms with Gasteiger partial charge in [-0.1, -0.05) is 178 Å². The lowest BCUT2D eigenvalue weighted by molar-refractivity contribution is 0.0813. The van der Waals surface area contributed by atoms with E-state index < -0.39 is 43.9 Å². The molecule has 0 bridgehead atoms. The van der Waals surface area contributed by atoms with Gasteiger partial charge in [-0.2, -0.15) is 15.3 Å². The van der Waals surface area contributed by atoms with Crippen molar-refractivity contribution in [3.63, 3.8) is 0 Å². The molecule has 0 saturated heterocycles. The summed E-state index contributed by atoms with van der Waals surface area (Å²) in [6.45, 7) is 40.5. The molecule has 7 N–H and O–H groups in total. The number of halogens is 3. The molecule has 139 heavy (non-hydrogen) atoms. The molecule has 8 aromatic carbocycles. The van der Waals surface area contributed by atoms with Gasteiger partial charge in [-0.3, -0.25) is 5.10 Å². The zero-order chi connectivity index (χ0) is 98.6. The molecule has 2 aliphatic heterocycles. The van der Waals surface area contributed by atoms with Crippen molar-refractivity contribution in [2.75, 3.05) is 52.7 Å². The highest BCUT2D eigenvalue weighted by Crippen LogP contribution is 2.42. The molecule has 27 nitrogen and oxygen atoms in total. The fraction of sp³-hybridized carbons (Fsp3) is 0.410. The van der Waals surface area contributed by atoms with Gasteiger partial charge in [0, 0.05) is 93.7 Å². The standard InChI is InChI=1S/C42H57FN6O5Si2.C40H53FN4O3Si2.C23H23FN6O3/c1-8-31-23-39(54-27-30-12-10-9-11-13-30)35(43)24-34(31)32-14-15-33-37(22-32)49(29-53-19-21-56(5,6)7)46-40(33)41-45-36-25-47(42(51)44-16-17-50)26-38(36)48(41)28-52-18-20-55(2,3)4;1-8-30-24-38(48-26-29-13-10-9-11-14-29)34(41)25-33(30)31-17-18-32-37(23-31)45(28-47-20-22-50(5,6)7)43-39(32)40-42-35-15-12-16-36(35)44(40)27-46-19-21-49(2,3)4;1-2-12-8-20(32)16(24)9-15(12)13-3-4-14-17(7-13)28-29-21(14)22-26-18-10-30(11-19(18)27-22)23(33)25-5-6-31/h9-15,22-24,50H,8,16-21,25-29H2,1-7H3,(H,44,51);9-11,13-14,17-18,23-25H,8,12,15-16,19-22,26-28H2,1-7H3;3-4,7-9,31-32H,2,5-6,10-11H2,1H3,(H,25,33)(H,26,27)(H,28,29). The molecular formula is C105H133F3N16O11Si4. The number of nitrogens with one attached hydrogen (secondary N) is 4. The third-order valence-corrected chi connectivity index (χ3v) is 32.1. The highest BCUT2D eigenvalue weighted by atomic mass is 28.3. The van der Waals surface area contributed by atoms with Crippen molar-refractivity contribution >= 4 is 77.1 Å². The first kappa shape index (κ1) is 102. The number of phenolic OH excluding ortho intramolecular Hbond substituents is 1. The van der Waals surface area contributed by atoms with Gasteiger partial charge < -0.3 is 78.3 Å². The largest absolute Gasteiger partial charge is 0.505 e. The molecule has 736 valence electrons. The summed E-state index contributed by atoms with van der Waals surface area (Å²) in [4.78, 5) is 46.5. The van der Waals surface area contributed by atoms with Crippen molar-refractivity contribution in [2.45, 2.75) is 228 Å². The Morgan fingerprint density at radius 3 is 1.35 bits per heavy atom. The van der Waals surface area contributed by atoms with Crippen molar-refractivity contribution in [1.82, 2.24) is 79.3 Å². The number of urea groups is 2. The molecule has 14 aromatic rings. The number of aromatic hydroxyl groups is 1. The van der Waals surface area contributed by atoms with E-state index in [1.54, 1.807) is 21.9 Å². The van der Waals surface area contributed by atoms with Crippen LogP contribution in [0.2, 0.25) is 103 Å². The maximum atomic E-state index is 15.7. The van der Waals surface area contributed by atoms with Crippen molar-refractivity contribution < 1.29 is 66.5 Å². The predicted octanol–water partition coefficient (Wildman–Crippen LogP) is 21.5. The summed E-state index contributed by atoms with van der Waals surface area (Å²) >= 11 is 0. The van der Waals surface area contributed by atoms with Crippen LogP contribution in [-0.2, 0) is 117 Å². The number of rotatable bonds is 39. The van der Waals surface area contributed by atoms with E-state index in [1.807, 2.05) is 124 Å². The number of amides is 4. The van der Waals surface area contributed by atoms with E-state index in [-0.39, 0.29) is 81.5 Å². The smallest absolute Gasteiger partial charge is 0.318 e. The number of H-pyrrole nitrogens is 2. The lowest BCUT2D eigenvalue weighted by atomic mass is 9.96. The van der Waals surface area contributed by atoms with Crippen LogP contribution in [0.1, 0.15) is 89.2 Å². The number of ether oxygens (including phenoxy) is 6. The van der Waals surface area contributed by atoms with E-state index in [2.05, 4.69) is 152 Å². The molecular weight excluding hydrogens is 1830 g/mol. The molecule has 17 rings (SSSR count). The van der Waals surface area contributed by atoms with Crippen LogP contribution in [0.15, 0.2) is 152 Å². The minimum absolute atomic E-state index is 0.108. The van der Waals surface area contributed by atoms with Gasteiger partial charge in [-0.05, 0) is 197 Å². The van der Waals surface area contributed by atoms with Gasteiger partial charge in [-0.25, -0.2) is 47.1 Å². The second-order valence-electron chi connectivity index (χ2n) is 40.8. The van der Waals surface area contributed by atoms with Crippen LogP contribution in [0, 0.1) is 17.5 Å². The zero-order valence-corrected chi connectivity index (χ0v) is 86.8. The van der Waals surface area contributed by atoms with Gasteiger partial charge in [0.2, 0.25) is 0 Å². The number of fused-ring (bicyclic) bond motifs is 6. The molecule has 0 fully saturated rings. The Kier molecular flexibility index (Phi) is 32.7. The second-order valence-corrected chi connectivity index (χ2v) is 63.3. The van der Waals surface area contributed by atoms with Crippen molar-refractivity contribution in [1.29, 1.82) is 0 Å². The maximum Gasteiger partial charge on any atom is 0.318 e. The first-order valence-corrected chi connectivity index (χ1v) is 63.3. The number of hydrogen-bond donors (Lipinski definition) is 7. The van der Waals surface area contributed by atoms with Gasteiger partial charge >= 0.3 is 12.1 Å². The van der Waals surface area contributed by atoms with Crippen LogP contribution in [-0.4, -0.2) is 181 Å². The minimum Gasteiger partial charge on any atom is -0.505 e. The van der Waals surface area contributed by atoms with Gasteiger partial charge in [0.25, 0.3) is 0 Å². The van der Waals surface area contributed by atoms with Crippen molar-refractivity contribution in [3.8, 4) is 85.2 Å². The molecule has 1 aliphatic carbocycles. The SMILES string of the molecule is CCc1cc(O)c(F)cc1-c1ccc2c(-c3nc4c([nH]3)CN(C(=O)NCCO)C4)n[nH]c2c1.CCc1cc(OCc2ccccc2)c(F)cc1-c1ccc2c(-c3nc4c(n3COCC[Si](C)(C)C)CCC4)nn(COCC[Si](C)(C)C)c2c1.CCc1cc(OCc2ccccc2)c(F)cc1-c1ccc2c(-c3nc4c(n3COCC[Si](C)(C)C)CN(C(=O)NCCO)C4)nn(COCC[Si](C)(C)C)c2c1. The Balaban J connectivity index is 0.000000163. The van der Waals surface area contributed by atoms with E-state index in [0.29, 0.717) is 102 Å². The van der Waals surface area contributed by atoms with Gasteiger partial charge in [0.15, 0.2) is 52.2 Å². The molecule has 34 heteroatoms. The minimum atomic E-state index is -1.33. The molecule has 8 heterocycles. The molecule has 6 aromatic heterocycles. The molecule has 0 unspecified atom stereocenters. The summed E-state index contributed by atoms with van der Waals surface area (Å²) in [5, 5.41) is 53.7. The Morgan fingerprint density at radius 2 is 0.885 bits per heavy atom. The van der Waals surface area contributed by atoms with E-state index in [1.165, 1.54) is 17.8 Å². The fourth-order valence-corrected chi connectivity index (χ4v) is 20.3. The number of nitrogens with zero attached hydrogens (tertiary/aromatic N) is 12. The number of phenols is 1. The molecule has 0 atom stereocenters. The number of carbonyl (C=O) groups is 2. The highest BCUT2D eigenvalue weighted by Gasteiger charge is 2.35. The van der Waals surface area contributed by atoms with Crippen LogP contribution >= 0.6 is 0 Å². The van der Waals surface area contributed by atoms with Crippen molar-refractivity contribution in [3.05, 3.63) is 231 Å². The number of aliphatic hydroxyl groups is 2. The normalized spacial score (nSPS) is 13.2. The topological polar surface area (TPSA) is 309 Å². The summed E-state index contributed by atoms with van der Waals surface area (Å²) in [7, 11) is -5.13. The number of aromatic amines is 2. The molecule has 4 amide bonds. The number of aliphatic hydroxyl groups excluding tert-OH is 2. The summed E-state index contributed by atoms with van der Waals surface area (Å²) in [5.41, 5.74) is 20.3. The number of benzene rings is 8. The fourth-order valence-electron chi connectivity index (χ4n) is 17.3. The molecule has 0 spiro atoms. The summed E-state index contributed by atoms with van der Waals surface area (Å²) in [5.74, 6) is 0.830. The van der Waals surface area contributed by atoms with Crippen molar-refractivity contribution in [2.24, 2.45) is 0 Å². The van der Waals surface area contributed by atoms with Crippen LogP contribution in [0.4, 0.5) is 22.8 Å². The summed E-state index contributed by atoms with van der Waals surface area (Å²) < 4.78 is 90.5. The molecule has 3 aliphatic rings. The third kappa shape index (κ3) is 25.1. The zero-order valence-electron chi connectivity index (χ0n) is 82.8. The number of imidazole rings is 3. The van der Waals surface area contributed by atoms with Gasteiger partial charge in [0.1, 0.15) is 57.2 Å². The first-order valence-electron chi connectivity index (χ1n) is 48.5. The number of hydrogen-bond acceptors (Lipinski definition) is 17. The van der Waals surface area contributed by atoms with Crippen LogP contribution in [0.25, 0.3) is 101 Å². The average Bonchev–Trinajstić information content (AvgIpc) is 1.58. The number of aromatic nitrogens is 12. The Bertz CT molecular complexity index is 6630. The third-order valence-electron chi connectivity index (χ3n) is 25.3. The lowest BCUT2D eigenvalue weighted by Crippen LogP contribution is -2.38. The summed E-state index contributed by atoms with van der Waals surface area (Å²) in [6, 6.07) is 51.2. The summed E-state index contributed by atoms with van der Waals surface area (Å²) in [6.07, 6.45) is 5.17. The van der Waals surface area contributed by atoms with E-state index in [0.717, 1.165) is 190 Å². The van der Waals surface area contributed by atoms with Crippen LogP contribution < -0.4 is 20.1 Å². The van der Waals surface area contributed by atoms with E-state index in [9.17, 15) is 24.2 Å². The predicted molar refractivity (Wildman–Crippen MR) is 551 cm³/mol. The number of aryl methyl sites for hydroxylation is 4. The number of carbonyl (C=O) groups excluding carboxylic acids is 2. The maximum absolute atomic E-state index is 15.7. The van der Waals surface area contributed by atoms with Gasteiger partial charge in [-0.15, -0.1) is 0 Å². The molecule has 0 radical (unpaired) electrons. The lowest BCUT2D eigenvalue weighted by Gasteiger charge is -2.19. The quantitative estimate of drug-likeness (QED) is 0.0139. The van der Waals surface area contributed by atoms with Gasteiger partial charge in [0.05, 0.1) is 84.4 Å². The Morgan fingerprint density at radius 1 is 0.453 bits per heavy atom. The molecule has 0 saturated carbocycles. The Labute approximate surface area is 815 Å². The van der Waals surface area contributed by atoms with E-state index >= 15 is 8.78 Å². The highest BCUT2D eigenvalue weighted by molar-refractivity contribution is 6.77. The average molecular weight is 1960 g/mol. The monoisotopic (exact) mass is 1960 g/mol. The second kappa shape index (κ2) is 44.7. The van der Waals surface area contributed by atoms with Crippen LogP contribution in [0.5, 0.6) is 17.2 Å². The van der Waals surface area contributed by atoms with Crippen LogP contribution in [0.3, 0.4) is 0 Å². The first-order chi connectivity index (χ1) is 66.6.